The van der Waals surface area contributed by atoms with Crippen LogP contribution in [0.15, 0.2) is 46.1 Å². The Morgan fingerprint density at radius 2 is 2.00 bits per heavy atom. The summed E-state index contributed by atoms with van der Waals surface area (Å²) in [7, 11) is -0.328. The van der Waals surface area contributed by atoms with Gasteiger partial charge in [-0.15, -0.1) is 0 Å². The van der Waals surface area contributed by atoms with Crippen molar-refractivity contribution in [2.45, 2.75) is 50.7 Å². The first-order chi connectivity index (χ1) is 17.5. The number of para-hydroxylation sites is 1. The summed E-state index contributed by atoms with van der Waals surface area (Å²) in [6.07, 6.45) is -4.94. The van der Waals surface area contributed by atoms with E-state index in [2.05, 4.69) is 5.09 Å². The Bertz CT molecular complexity index is 1110. The number of aromatic amines is 1. The van der Waals surface area contributed by atoms with E-state index in [1.165, 1.54) is 0 Å². The van der Waals surface area contributed by atoms with Gasteiger partial charge in [0.25, 0.3) is 12.0 Å². The number of carbonyl (C=O) groups excluding carboxylic acids is 1. The summed E-state index contributed by atoms with van der Waals surface area (Å²) >= 11 is 5.71. The minimum atomic E-state index is -3.12. The molecule has 2 aromatic rings. The van der Waals surface area contributed by atoms with E-state index in [0.717, 1.165) is 10.8 Å². The monoisotopic (exact) mass is 567 g/mol. The van der Waals surface area contributed by atoms with Gasteiger partial charge in [0, 0.05) is 19.7 Å². The van der Waals surface area contributed by atoms with Crippen LogP contribution in [0.2, 0.25) is 5.02 Å². The van der Waals surface area contributed by atoms with Crippen molar-refractivity contribution in [2.75, 3.05) is 20.3 Å². The molecule has 3 rings (SSSR count). The predicted molar refractivity (Wildman–Crippen MR) is 132 cm³/mol. The third kappa shape index (κ3) is 8.92. The average molecular weight is 568 g/mol. The molecule has 15 heteroatoms. The topological polar surface area (TPSA) is 141 Å². The van der Waals surface area contributed by atoms with Gasteiger partial charge >= 0.3 is 14.2 Å². The van der Waals surface area contributed by atoms with Crippen molar-refractivity contribution >= 4 is 26.4 Å². The van der Waals surface area contributed by atoms with E-state index in [4.69, 9.17) is 30.1 Å². The molecule has 1 aromatic carbocycles. The fourth-order valence-electron chi connectivity index (χ4n) is 2.97. The number of alkyl halides is 2. The number of hydrogen-bond acceptors (Lipinski definition) is 9. The number of methoxy groups -OCH3 is 1. The van der Waals surface area contributed by atoms with Gasteiger partial charge in [0.1, 0.15) is 23.2 Å². The Kier molecular flexibility index (Phi) is 12.2. The van der Waals surface area contributed by atoms with Crippen LogP contribution >= 0.6 is 20.1 Å². The number of nitrogens with one attached hydrogen (secondary N) is 2. The summed E-state index contributed by atoms with van der Waals surface area (Å²) in [6.45, 7) is 3.12. The lowest BCUT2D eigenvalue weighted by Gasteiger charge is -2.29. The molecule has 206 valence electrons. The van der Waals surface area contributed by atoms with Gasteiger partial charge in [0.2, 0.25) is 0 Å². The number of carbonyl (C=O) groups is 1. The maximum absolute atomic E-state index is 14.0. The molecule has 37 heavy (non-hydrogen) atoms. The van der Waals surface area contributed by atoms with Gasteiger partial charge < -0.3 is 28.4 Å². The van der Waals surface area contributed by atoms with Crippen LogP contribution in [0.25, 0.3) is 0 Å². The van der Waals surface area contributed by atoms with Crippen LogP contribution in [-0.2, 0) is 18.8 Å². The molecule has 0 bridgehead atoms. The van der Waals surface area contributed by atoms with Crippen molar-refractivity contribution in [2.24, 2.45) is 0 Å². The molecular formula is C22H29ClF2N3O8P. The highest BCUT2D eigenvalue weighted by atomic mass is 35.5. The first kappa shape index (κ1) is 31.0. The highest BCUT2D eigenvalue weighted by Gasteiger charge is 2.54. The van der Waals surface area contributed by atoms with Gasteiger partial charge in [-0.1, -0.05) is 29.8 Å². The second-order valence-corrected chi connectivity index (χ2v) is 9.72. The van der Waals surface area contributed by atoms with E-state index < -0.39 is 57.2 Å². The largest absolute Gasteiger partial charge is 0.436 e. The van der Waals surface area contributed by atoms with E-state index in [1.54, 1.807) is 37.4 Å². The van der Waals surface area contributed by atoms with E-state index >= 15 is 0 Å². The Hall–Kier alpha value is -2.25. The van der Waals surface area contributed by atoms with Crippen molar-refractivity contribution in [1.82, 2.24) is 14.6 Å². The zero-order chi connectivity index (χ0) is 27.6. The lowest BCUT2D eigenvalue weighted by Crippen LogP contribution is -2.43. The van der Waals surface area contributed by atoms with Crippen LogP contribution in [0.1, 0.15) is 26.5 Å². The number of hydrogen-bond donors (Lipinski definition) is 3. The first-order valence-electron chi connectivity index (χ1n) is 11.0. The van der Waals surface area contributed by atoms with E-state index in [1.807, 2.05) is 18.8 Å². The van der Waals surface area contributed by atoms with E-state index in [-0.39, 0.29) is 11.6 Å². The SMILES string of the molecule is COC(C)C.O=CCNP(OCC1(C(F)F)CC(O)C(n2cc(Cl)c(=O)[nH]c2=O)O1)Oc1ccccc1. The molecule has 1 aliphatic heterocycles. The number of aliphatic hydroxyl groups excluding tert-OH is 1. The summed E-state index contributed by atoms with van der Waals surface area (Å²) in [4.78, 5) is 36.1. The zero-order valence-corrected chi connectivity index (χ0v) is 22.0. The number of nitrogens with zero attached hydrogens (tertiary/aromatic N) is 1. The van der Waals surface area contributed by atoms with Gasteiger partial charge in [-0.2, -0.15) is 0 Å². The molecule has 1 aromatic heterocycles. The molecule has 1 fully saturated rings. The minimum absolute atomic E-state index is 0.155. The van der Waals surface area contributed by atoms with Crippen molar-refractivity contribution in [3.63, 3.8) is 0 Å². The summed E-state index contributed by atoms with van der Waals surface area (Å²) in [5.74, 6) is 0.378. The first-order valence-corrected chi connectivity index (χ1v) is 12.6. The molecule has 0 aliphatic carbocycles. The van der Waals surface area contributed by atoms with E-state index in [9.17, 15) is 28.3 Å². The molecule has 2 heterocycles. The molecule has 4 unspecified atom stereocenters. The number of rotatable bonds is 11. The molecule has 0 spiro atoms. The maximum Gasteiger partial charge on any atom is 0.330 e. The molecule has 0 radical (unpaired) electrons. The number of ether oxygens (including phenoxy) is 2. The second-order valence-electron chi connectivity index (χ2n) is 8.04. The number of aromatic nitrogens is 2. The molecule has 1 aliphatic rings. The van der Waals surface area contributed by atoms with Crippen molar-refractivity contribution < 1.29 is 37.2 Å². The van der Waals surface area contributed by atoms with Crippen molar-refractivity contribution in [1.29, 1.82) is 0 Å². The molecule has 1 saturated heterocycles. The average Bonchev–Trinajstić information content (AvgIpc) is 3.21. The highest BCUT2D eigenvalue weighted by molar-refractivity contribution is 7.45. The van der Waals surface area contributed by atoms with Crippen LogP contribution < -0.4 is 20.9 Å². The second kappa shape index (κ2) is 14.6. The van der Waals surface area contributed by atoms with Crippen molar-refractivity contribution in [3.8, 4) is 5.75 Å². The fraction of sp³-hybridized carbons (Fsp3) is 0.500. The fourth-order valence-corrected chi connectivity index (χ4v) is 4.20. The number of benzene rings is 1. The third-order valence-electron chi connectivity index (χ3n) is 4.97. The van der Waals surface area contributed by atoms with Crippen LogP contribution in [0.3, 0.4) is 0 Å². The smallest absolute Gasteiger partial charge is 0.330 e. The third-order valence-corrected chi connectivity index (χ3v) is 6.42. The van der Waals surface area contributed by atoms with Crippen molar-refractivity contribution in [3.05, 3.63) is 62.4 Å². The van der Waals surface area contributed by atoms with Crippen LogP contribution in [0.5, 0.6) is 5.75 Å². The summed E-state index contributed by atoms with van der Waals surface area (Å²) in [5.41, 5.74) is -4.15. The Labute approximate surface area is 217 Å². The van der Waals surface area contributed by atoms with Crippen LogP contribution in [-0.4, -0.2) is 65.4 Å². The number of halogens is 3. The standard InChI is InChI=1S/C18H19ClF2N3O7P.C4H10O/c19-12-9-24(17(28)23-14(12)27)15-13(26)8-18(30-15,16(20)21)10-29-32(22-6-7-25)31-11-4-2-1-3-5-11;1-4(2)5-3/h1-5,7,9,13,15-16,22,26H,6,8,10H2,(H,23,27,28);4H,1-3H3. The molecule has 3 N–H and O–H groups in total. The Balaban J connectivity index is 0.000000877. The van der Waals surface area contributed by atoms with E-state index in [0.29, 0.717) is 18.1 Å². The summed E-state index contributed by atoms with van der Waals surface area (Å²) in [5, 5.41) is 12.6. The molecular weight excluding hydrogens is 539 g/mol. The quantitative estimate of drug-likeness (QED) is 0.276. The lowest BCUT2D eigenvalue weighted by molar-refractivity contribution is -0.169. The molecule has 0 amide bonds. The van der Waals surface area contributed by atoms with Gasteiger partial charge in [0.05, 0.1) is 19.3 Å². The molecule has 0 saturated carbocycles. The zero-order valence-electron chi connectivity index (χ0n) is 20.3. The predicted octanol–water partition coefficient (Wildman–Crippen LogP) is 2.63. The lowest BCUT2D eigenvalue weighted by atomic mass is 10.0. The minimum Gasteiger partial charge on any atom is -0.436 e. The normalized spacial score (nSPS) is 22.0. The summed E-state index contributed by atoms with van der Waals surface area (Å²) < 4.78 is 50.0. The van der Waals surface area contributed by atoms with Crippen LogP contribution in [0, 0.1) is 0 Å². The number of H-pyrrole nitrogens is 1. The summed E-state index contributed by atoms with van der Waals surface area (Å²) in [6, 6.07) is 8.36. The highest BCUT2D eigenvalue weighted by Crippen LogP contribution is 2.44. The van der Waals surface area contributed by atoms with Gasteiger partial charge in [-0.25, -0.2) is 18.7 Å². The molecule has 4 atom stereocenters. The maximum atomic E-state index is 14.0. The molecule has 11 nitrogen and oxygen atoms in total. The number of aldehydes is 1. The van der Waals surface area contributed by atoms with Gasteiger partial charge in [0.15, 0.2) is 11.8 Å². The number of aliphatic hydroxyl groups is 1. The van der Waals surface area contributed by atoms with Crippen LogP contribution in [0.4, 0.5) is 8.78 Å². The Morgan fingerprint density at radius 3 is 2.57 bits per heavy atom. The Morgan fingerprint density at radius 1 is 1.35 bits per heavy atom. The van der Waals surface area contributed by atoms with Gasteiger partial charge in [-0.05, 0) is 26.0 Å². The van der Waals surface area contributed by atoms with Gasteiger partial charge in [-0.3, -0.25) is 14.3 Å².